The Labute approximate surface area is 110 Å². The number of benzene rings is 1. The third-order valence-electron chi connectivity index (χ3n) is 2.60. The van der Waals surface area contributed by atoms with Gasteiger partial charge in [-0.05, 0) is 24.3 Å². The largest absolute Gasteiger partial charge is 0.417 e. The van der Waals surface area contributed by atoms with E-state index in [1.54, 1.807) is 30.5 Å². The quantitative estimate of drug-likeness (QED) is 0.661. The number of fused-ring (bicyclic) bond motifs is 1. The maximum atomic E-state index is 12.9. The molecule has 6 heteroatoms. The van der Waals surface area contributed by atoms with Crippen LogP contribution in [0.2, 0.25) is 0 Å². The Morgan fingerprint density at radius 1 is 1.00 bits per heavy atom. The Morgan fingerprint density at radius 3 is 2.53 bits per heavy atom. The Bertz CT molecular complexity index is 720. The van der Waals surface area contributed by atoms with Crippen LogP contribution in [0.4, 0.5) is 13.2 Å². The number of thiazole rings is 1. The molecule has 3 rings (SSSR count). The maximum Gasteiger partial charge on any atom is 0.417 e. The van der Waals surface area contributed by atoms with Gasteiger partial charge >= 0.3 is 6.18 Å². The van der Waals surface area contributed by atoms with E-state index >= 15 is 0 Å². The molecule has 0 aliphatic carbocycles. The van der Waals surface area contributed by atoms with Crippen molar-refractivity contribution in [2.24, 2.45) is 0 Å². The van der Waals surface area contributed by atoms with Crippen LogP contribution in [0.3, 0.4) is 0 Å². The SMILES string of the molecule is FC(F)(F)c1cccc2nc(-c3ccccn3)sc12. The minimum atomic E-state index is -4.37. The molecule has 0 aliphatic rings. The molecule has 0 fully saturated rings. The normalized spacial score (nSPS) is 11.9. The highest BCUT2D eigenvalue weighted by Gasteiger charge is 2.33. The number of hydrogen-bond acceptors (Lipinski definition) is 3. The van der Waals surface area contributed by atoms with Crippen molar-refractivity contribution in [1.29, 1.82) is 0 Å². The molecule has 96 valence electrons. The van der Waals surface area contributed by atoms with Crippen LogP contribution in [-0.4, -0.2) is 9.97 Å². The summed E-state index contributed by atoms with van der Waals surface area (Å²) < 4.78 is 38.8. The molecule has 0 spiro atoms. The number of aromatic nitrogens is 2. The second kappa shape index (κ2) is 4.31. The van der Waals surface area contributed by atoms with Crippen molar-refractivity contribution in [1.82, 2.24) is 9.97 Å². The fourth-order valence-corrected chi connectivity index (χ4v) is 2.85. The van der Waals surface area contributed by atoms with Gasteiger partial charge in [0.1, 0.15) is 5.01 Å². The molecule has 2 heterocycles. The van der Waals surface area contributed by atoms with E-state index in [1.807, 2.05) is 0 Å². The lowest BCUT2D eigenvalue weighted by Gasteiger charge is -2.06. The third kappa shape index (κ3) is 2.19. The van der Waals surface area contributed by atoms with Crippen molar-refractivity contribution >= 4 is 21.6 Å². The molecule has 0 N–H and O–H groups in total. The molecule has 0 aliphatic heterocycles. The van der Waals surface area contributed by atoms with E-state index < -0.39 is 11.7 Å². The highest BCUT2D eigenvalue weighted by molar-refractivity contribution is 7.21. The molecule has 19 heavy (non-hydrogen) atoms. The van der Waals surface area contributed by atoms with E-state index in [0.717, 1.165) is 17.4 Å². The first-order valence-corrected chi connectivity index (χ1v) is 6.25. The van der Waals surface area contributed by atoms with Gasteiger partial charge in [0, 0.05) is 6.20 Å². The third-order valence-corrected chi connectivity index (χ3v) is 3.73. The number of halogens is 3. The van der Waals surface area contributed by atoms with Crippen molar-refractivity contribution in [2.45, 2.75) is 6.18 Å². The summed E-state index contributed by atoms with van der Waals surface area (Å²) in [5.41, 5.74) is 0.280. The van der Waals surface area contributed by atoms with Gasteiger partial charge in [-0.15, -0.1) is 11.3 Å². The summed E-state index contributed by atoms with van der Waals surface area (Å²) in [5.74, 6) is 0. The van der Waals surface area contributed by atoms with Gasteiger partial charge in [-0.1, -0.05) is 12.1 Å². The summed E-state index contributed by atoms with van der Waals surface area (Å²) in [5, 5.41) is 0.493. The first-order chi connectivity index (χ1) is 9.05. The number of rotatable bonds is 1. The standard InChI is InChI=1S/C13H7F3N2S/c14-13(15,16)8-4-3-6-9-11(8)19-12(18-9)10-5-1-2-7-17-10/h1-7H. The molecular weight excluding hydrogens is 273 g/mol. The highest BCUT2D eigenvalue weighted by atomic mass is 32.1. The van der Waals surface area contributed by atoms with Gasteiger partial charge in [0.2, 0.25) is 0 Å². The minimum Gasteiger partial charge on any atom is -0.254 e. The lowest BCUT2D eigenvalue weighted by atomic mass is 10.2. The molecule has 2 aromatic heterocycles. The lowest BCUT2D eigenvalue weighted by Crippen LogP contribution is -2.04. The van der Waals surface area contributed by atoms with Crippen molar-refractivity contribution in [3.8, 4) is 10.7 Å². The first-order valence-electron chi connectivity index (χ1n) is 5.44. The van der Waals surface area contributed by atoms with Crippen LogP contribution in [0.1, 0.15) is 5.56 Å². The summed E-state index contributed by atoms with van der Waals surface area (Å²) in [6.45, 7) is 0. The summed E-state index contributed by atoms with van der Waals surface area (Å²) >= 11 is 1.01. The number of alkyl halides is 3. The van der Waals surface area contributed by atoms with Gasteiger partial charge in [-0.25, -0.2) is 4.98 Å². The Morgan fingerprint density at radius 2 is 1.84 bits per heavy atom. The lowest BCUT2D eigenvalue weighted by molar-refractivity contribution is -0.136. The van der Waals surface area contributed by atoms with Crippen LogP contribution in [-0.2, 0) is 6.18 Å². The zero-order valence-electron chi connectivity index (χ0n) is 9.48. The van der Waals surface area contributed by atoms with E-state index in [9.17, 15) is 13.2 Å². The highest BCUT2D eigenvalue weighted by Crippen LogP contribution is 2.39. The Balaban J connectivity index is 2.22. The Hall–Kier alpha value is -1.95. The smallest absolute Gasteiger partial charge is 0.254 e. The fraction of sp³-hybridized carbons (Fsp3) is 0.0769. The van der Waals surface area contributed by atoms with Gasteiger partial charge in [-0.2, -0.15) is 13.2 Å². The van der Waals surface area contributed by atoms with Crippen LogP contribution in [0.15, 0.2) is 42.6 Å². The number of hydrogen-bond donors (Lipinski definition) is 0. The topological polar surface area (TPSA) is 25.8 Å². The minimum absolute atomic E-state index is 0.149. The van der Waals surface area contributed by atoms with Crippen LogP contribution in [0, 0.1) is 0 Å². The van der Waals surface area contributed by atoms with Gasteiger partial charge < -0.3 is 0 Å². The van der Waals surface area contributed by atoms with Crippen molar-refractivity contribution in [3.05, 3.63) is 48.2 Å². The summed E-state index contributed by atoms with van der Waals surface area (Å²) in [6, 6.07) is 9.27. The van der Waals surface area contributed by atoms with Gasteiger partial charge in [0.05, 0.1) is 21.5 Å². The molecule has 0 amide bonds. The van der Waals surface area contributed by atoms with Gasteiger partial charge in [0.25, 0.3) is 0 Å². The molecule has 3 aromatic rings. The van der Waals surface area contributed by atoms with E-state index in [-0.39, 0.29) is 4.70 Å². The molecule has 0 bridgehead atoms. The average molecular weight is 280 g/mol. The van der Waals surface area contributed by atoms with E-state index in [2.05, 4.69) is 9.97 Å². The van der Waals surface area contributed by atoms with Crippen LogP contribution >= 0.6 is 11.3 Å². The summed E-state index contributed by atoms with van der Waals surface area (Å²) in [4.78, 5) is 8.32. The predicted octanol–water partition coefficient (Wildman–Crippen LogP) is 4.38. The van der Waals surface area contributed by atoms with E-state index in [1.165, 1.54) is 6.07 Å². The molecule has 0 saturated heterocycles. The molecule has 1 aromatic carbocycles. The zero-order valence-corrected chi connectivity index (χ0v) is 10.3. The second-order valence-electron chi connectivity index (χ2n) is 3.89. The fourth-order valence-electron chi connectivity index (χ4n) is 1.77. The van der Waals surface area contributed by atoms with Crippen molar-refractivity contribution < 1.29 is 13.2 Å². The Kier molecular flexibility index (Phi) is 2.74. The van der Waals surface area contributed by atoms with Gasteiger partial charge in [-0.3, -0.25) is 4.98 Å². The molecular formula is C13H7F3N2S. The van der Waals surface area contributed by atoms with Gasteiger partial charge in [0.15, 0.2) is 0 Å². The van der Waals surface area contributed by atoms with E-state index in [4.69, 9.17) is 0 Å². The zero-order chi connectivity index (χ0) is 13.5. The average Bonchev–Trinajstić information content (AvgIpc) is 2.82. The van der Waals surface area contributed by atoms with E-state index in [0.29, 0.717) is 16.2 Å². The second-order valence-corrected chi connectivity index (χ2v) is 4.88. The van der Waals surface area contributed by atoms with Crippen molar-refractivity contribution in [2.75, 3.05) is 0 Å². The molecule has 0 atom stereocenters. The first kappa shape index (κ1) is 12.1. The summed E-state index contributed by atoms with van der Waals surface area (Å²) in [7, 11) is 0. The molecule has 2 nitrogen and oxygen atoms in total. The molecule has 0 radical (unpaired) electrons. The summed E-state index contributed by atoms with van der Waals surface area (Å²) in [6.07, 6.45) is -2.78. The van der Waals surface area contributed by atoms with Crippen LogP contribution < -0.4 is 0 Å². The monoisotopic (exact) mass is 280 g/mol. The number of nitrogens with zero attached hydrogens (tertiary/aromatic N) is 2. The number of pyridine rings is 1. The molecule has 0 unspecified atom stereocenters. The molecule has 0 saturated carbocycles. The van der Waals surface area contributed by atoms with Crippen LogP contribution in [0.25, 0.3) is 20.9 Å². The maximum absolute atomic E-state index is 12.9. The van der Waals surface area contributed by atoms with Crippen LogP contribution in [0.5, 0.6) is 0 Å². The van der Waals surface area contributed by atoms with Crippen molar-refractivity contribution in [3.63, 3.8) is 0 Å². The predicted molar refractivity (Wildman–Crippen MR) is 67.9 cm³/mol.